The van der Waals surface area contributed by atoms with E-state index in [1.54, 1.807) is 25.7 Å². The number of ether oxygens (including phenoxy) is 1. The van der Waals surface area contributed by atoms with E-state index in [0.717, 1.165) is 35.1 Å². The molecule has 206 valence electrons. The van der Waals surface area contributed by atoms with Crippen LogP contribution in [-0.2, 0) is 20.9 Å². The van der Waals surface area contributed by atoms with Gasteiger partial charge >= 0.3 is 6.09 Å². The number of carbonyl (C=O) groups is 3. The fourth-order valence-electron chi connectivity index (χ4n) is 4.68. The number of aryl methyl sites for hydroxylation is 2. The highest BCUT2D eigenvalue weighted by atomic mass is 16.6. The monoisotopic (exact) mass is 521 g/mol. The summed E-state index contributed by atoms with van der Waals surface area (Å²) in [5.41, 5.74) is 3.11. The van der Waals surface area contributed by atoms with Gasteiger partial charge < -0.3 is 20.3 Å². The highest BCUT2D eigenvalue weighted by Crippen LogP contribution is 2.36. The summed E-state index contributed by atoms with van der Waals surface area (Å²) >= 11 is 0. The maximum absolute atomic E-state index is 14.2. The molecule has 1 fully saturated rings. The topological polar surface area (TPSA) is 87.7 Å². The lowest BCUT2D eigenvalue weighted by Crippen LogP contribution is -2.54. The molecule has 2 aromatic rings. The molecule has 1 saturated carbocycles. The molecule has 3 rings (SSSR count). The van der Waals surface area contributed by atoms with Gasteiger partial charge in [-0.15, -0.1) is 0 Å². The van der Waals surface area contributed by atoms with Crippen LogP contribution < -0.4 is 10.6 Å². The van der Waals surface area contributed by atoms with Crippen molar-refractivity contribution < 1.29 is 19.1 Å². The first-order chi connectivity index (χ1) is 17.8. The zero-order chi connectivity index (χ0) is 28.0. The fourth-order valence-corrected chi connectivity index (χ4v) is 4.68. The number of benzene rings is 2. The third kappa shape index (κ3) is 8.61. The Morgan fingerprint density at radius 1 is 1.00 bits per heavy atom. The first kappa shape index (κ1) is 29.2. The molecule has 0 aliphatic heterocycles. The maximum atomic E-state index is 14.2. The van der Waals surface area contributed by atoms with Gasteiger partial charge in [-0.3, -0.25) is 9.59 Å². The molecule has 1 aliphatic rings. The van der Waals surface area contributed by atoms with Gasteiger partial charge in [-0.25, -0.2) is 4.79 Å². The van der Waals surface area contributed by atoms with Crippen molar-refractivity contribution in [1.29, 1.82) is 0 Å². The van der Waals surface area contributed by atoms with E-state index in [1.807, 2.05) is 70.2 Å². The van der Waals surface area contributed by atoms with Crippen LogP contribution in [0.2, 0.25) is 0 Å². The molecule has 7 nitrogen and oxygen atoms in total. The zero-order valence-corrected chi connectivity index (χ0v) is 23.8. The molecule has 0 heterocycles. The van der Waals surface area contributed by atoms with Crippen molar-refractivity contribution in [2.45, 2.75) is 98.0 Å². The van der Waals surface area contributed by atoms with Gasteiger partial charge in [0.25, 0.3) is 0 Å². The molecule has 2 atom stereocenters. The minimum Gasteiger partial charge on any atom is -0.444 e. The molecular formula is C31H43N3O4. The minimum atomic E-state index is -0.813. The first-order valence-electron chi connectivity index (χ1n) is 13.6. The number of rotatable bonds is 10. The average Bonchev–Trinajstić information content (AvgIpc) is 3.63. The van der Waals surface area contributed by atoms with E-state index >= 15 is 0 Å². The van der Waals surface area contributed by atoms with E-state index in [2.05, 4.69) is 16.7 Å². The third-order valence-electron chi connectivity index (χ3n) is 6.29. The van der Waals surface area contributed by atoms with Crippen molar-refractivity contribution in [3.8, 4) is 0 Å². The zero-order valence-electron chi connectivity index (χ0n) is 23.8. The first-order valence-corrected chi connectivity index (χ1v) is 13.6. The molecular weight excluding hydrogens is 478 g/mol. The van der Waals surface area contributed by atoms with Crippen molar-refractivity contribution in [3.63, 3.8) is 0 Å². The Labute approximate surface area is 227 Å². The second kappa shape index (κ2) is 12.5. The summed E-state index contributed by atoms with van der Waals surface area (Å²) in [6.45, 7) is 13.7. The van der Waals surface area contributed by atoms with Gasteiger partial charge in [-0.05, 0) is 70.9 Å². The van der Waals surface area contributed by atoms with Gasteiger partial charge in [0.05, 0.1) is 0 Å². The lowest BCUT2D eigenvalue weighted by atomic mass is 9.96. The highest BCUT2D eigenvalue weighted by Gasteiger charge is 2.44. The molecule has 38 heavy (non-hydrogen) atoms. The Balaban J connectivity index is 1.96. The quantitative estimate of drug-likeness (QED) is 0.427. The van der Waals surface area contributed by atoms with Crippen LogP contribution in [0.3, 0.4) is 0 Å². The summed E-state index contributed by atoms with van der Waals surface area (Å²) < 4.78 is 5.47. The van der Waals surface area contributed by atoms with Gasteiger partial charge in [0, 0.05) is 12.6 Å². The summed E-state index contributed by atoms with van der Waals surface area (Å²) in [5, 5.41) is 5.87. The second-order valence-corrected chi connectivity index (χ2v) is 11.8. The standard InChI is InChI=1S/C31H43N3O4/c1-20(2)15-26(33-30(37)38-31(5,6)7)29(36)34(25-13-14-25)27(24-17-21(3)16-22(4)18-24)28(35)32-19-23-11-9-8-10-12-23/h8-12,16-18,20,25-27H,13-15,19H2,1-7H3,(H,32,35)(H,33,37). The molecule has 7 heteroatoms. The molecule has 0 saturated heterocycles. The van der Waals surface area contributed by atoms with Crippen LogP contribution in [-0.4, -0.2) is 40.5 Å². The number of nitrogens with one attached hydrogen (secondary N) is 2. The lowest BCUT2D eigenvalue weighted by molar-refractivity contribution is -0.143. The van der Waals surface area contributed by atoms with Gasteiger partial charge in [0.15, 0.2) is 0 Å². The fraction of sp³-hybridized carbons (Fsp3) is 0.516. The second-order valence-electron chi connectivity index (χ2n) is 11.8. The number of alkyl carbamates (subject to hydrolysis) is 1. The molecule has 2 unspecified atom stereocenters. The lowest BCUT2D eigenvalue weighted by Gasteiger charge is -2.35. The van der Waals surface area contributed by atoms with E-state index in [0.29, 0.717) is 13.0 Å². The van der Waals surface area contributed by atoms with E-state index in [9.17, 15) is 14.4 Å². The molecule has 0 spiro atoms. The van der Waals surface area contributed by atoms with E-state index in [1.165, 1.54) is 0 Å². The van der Waals surface area contributed by atoms with Crippen molar-refractivity contribution in [3.05, 3.63) is 70.8 Å². The Bertz CT molecular complexity index is 1100. The maximum Gasteiger partial charge on any atom is 0.408 e. The Morgan fingerprint density at radius 3 is 2.13 bits per heavy atom. The van der Waals surface area contributed by atoms with Gasteiger partial charge in [-0.2, -0.15) is 0 Å². The van der Waals surface area contributed by atoms with Crippen molar-refractivity contribution in [1.82, 2.24) is 15.5 Å². The molecule has 0 radical (unpaired) electrons. The molecule has 2 aromatic carbocycles. The summed E-state index contributed by atoms with van der Waals surface area (Å²) in [6, 6.07) is 14.0. The number of carbonyl (C=O) groups excluding carboxylic acids is 3. The molecule has 0 bridgehead atoms. The SMILES string of the molecule is Cc1cc(C)cc(C(C(=O)NCc2ccccc2)N(C(=O)C(CC(C)C)NC(=O)OC(C)(C)C)C2CC2)c1. The molecule has 0 aromatic heterocycles. The van der Waals surface area contributed by atoms with Crippen LogP contribution in [0.5, 0.6) is 0 Å². The number of hydrogen-bond acceptors (Lipinski definition) is 4. The smallest absolute Gasteiger partial charge is 0.408 e. The molecule has 3 amide bonds. The Kier molecular flexibility index (Phi) is 9.58. The summed E-state index contributed by atoms with van der Waals surface area (Å²) in [6.07, 6.45) is 1.44. The summed E-state index contributed by atoms with van der Waals surface area (Å²) in [4.78, 5) is 42.5. The van der Waals surface area contributed by atoms with Crippen LogP contribution in [0.15, 0.2) is 48.5 Å². The summed E-state index contributed by atoms with van der Waals surface area (Å²) in [7, 11) is 0. The predicted octanol–water partition coefficient (Wildman–Crippen LogP) is 5.59. The normalized spacial score (nSPS) is 14.9. The van der Waals surface area contributed by atoms with Gasteiger partial charge in [0.2, 0.25) is 11.8 Å². The molecule has 1 aliphatic carbocycles. The van der Waals surface area contributed by atoms with E-state index in [4.69, 9.17) is 4.74 Å². The van der Waals surface area contributed by atoms with Crippen LogP contribution >= 0.6 is 0 Å². The average molecular weight is 522 g/mol. The van der Waals surface area contributed by atoms with Crippen molar-refractivity contribution >= 4 is 17.9 Å². The van der Waals surface area contributed by atoms with Gasteiger partial charge in [0.1, 0.15) is 17.7 Å². The van der Waals surface area contributed by atoms with Crippen LogP contribution in [0.4, 0.5) is 4.79 Å². The third-order valence-corrected chi connectivity index (χ3v) is 6.29. The van der Waals surface area contributed by atoms with Gasteiger partial charge in [-0.1, -0.05) is 73.5 Å². The van der Waals surface area contributed by atoms with E-state index in [-0.39, 0.29) is 23.8 Å². The largest absolute Gasteiger partial charge is 0.444 e. The van der Waals surface area contributed by atoms with Crippen LogP contribution in [0.1, 0.15) is 82.2 Å². The minimum absolute atomic E-state index is 0.0640. The Hall–Kier alpha value is -3.35. The van der Waals surface area contributed by atoms with Crippen LogP contribution in [0, 0.1) is 19.8 Å². The van der Waals surface area contributed by atoms with E-state index < -0.39 is 23.8 Å². The summed E-state index contributed by atoms with van der Waals surface area (Å²) in [5.74, 6) is -0.350. The Morgan fingerprint density at radius 2 is 1.61 bits per heavy atom. The molecule has 2 N–H and O–H groups in total. The van der Waals surface area contributed by atoms with Crippen molar-refractivity contribution in [2.24, 2.45) is 5.92 Å². The van der Waals surface area contributed by atoms with Crippen LogP contribution in [0.25, 0.3) is 0 Å². The predicted molar refractivity (Wildman–Crippen MR) is 149 cm³/mol. The number of hydrogen-bond donors (Lipinski definition) is 2. The number of amides is 3. The van der Waals surface area contributed by atoms with Crippen molar-refractivity contribution in [2.75, 3.05) is 0 Å². The number of nitrogens with zero attached hydrogens (tertiary/aromatic N) is 1. The highest BCUT2D eigenvalue weighted by molar-refractivity contribution is 5.92.